The zero-order valence-corrected chi connectivity index (χ0v) is 10.7. The van der Waals surface area contributed by atoms with Gasteiger partial charge in [0, 0.05) is 10.4 Å². The van der Waals surface area contributed by atoms with Crippen LogP contribution in [0.4, 0.5) is 0 Å². The molecule has 0 amide bonds. The Morgan fingerprint density at radius 3 is 3.00 bits per heavy atom. The minimum absolute atomic E-state index is 0.0435. The van der Waals surface area contributed by atoms with Crippen molar-refractivity contribution < 1.29 is 9.21 Å². The van der Waals surface area contributed by atoms with Crippen molar-refractivity contribution in [2.45, 2.75) is 25.3 Å². The van der Waals surface area contributed by atoms with Gasteiger partial charge in [-0.2, -0.15) is 0 Å². The summed E-state index contributed by atoms with van der Waals surface area (Å²) < 4.78 is 5.59. The maximum Gasteiger partial charge on any atom is 0.214 e. The lowest BCUT2D eigenvalue weighted by Gasteiger charge is -2.20. The van der Waals surface area contributed by atoms with Crippen LogP contribution in [0.1, 0.15) is 29.8 Å². The highest BCUT2D eigenvalue weighted by Gasteiger charge is 2.24. The average molecular weight is 264 g/mol. The lowest BCUT2D eigenvalue weighted by Crippen LogP contribution is -2.40. The molecule has 18 heavy (non-hydrogen) atoms. The topological polar surface area (TPSA) is 42.2 Å². The number of carbonyl (C=O) groups excluding carboxylic acids is 1. The van der Waals surface area contributed by atoms with Crippen LogP contribution in [0.15, 0.2) is 28.7 Å². The Hall–Kier alpha value is -1.32. The second-order valence-electron chi connectivity index (χ2n) is 4.66. The van der Waals surface area contributed by atoms with E-state index in [4.69, 9.17) is 16.0 Å². The van der Waals surface area contributed by atoms with Crippen LogP contribution in [0, 0.1) is 0 Å². The number of hydrogen-bond donors (Lipinski definition) is 1. The van der Waals surface area contributed by atoms with Crippen LogP contribution in [0.3, 0.4) is 0 Å². The number of ketones is 1. The van der Waals surface area contributed by atoms with Crippen molar-refractivity contribution in [3.05, 3.63) is 35.0 Å². The van der Waals surface area contributed by atoms with Gasteiger partial charge < -0.3 is 9.73 Å². The number of furan rings is 1. The van der Waals surface area contributed by atoms with E-state index in [0.29, 0.717) is 16.4 Å². The summed E-state index contributed by atoms with van der Waals surface area (Å²) in [5, 5.41) is 4.77. The molecule has 1 fully saturated rings. The molecule has 0 aliphatic carbocycles. The Kier molecular flexibility index (Phi) is 3.10. The second kappa shape index (κ2) is 4.75. The maximum atomic E-state index is 12.3. The molecule has 0 radical (unpaired) electrons. The first-order chi connectivity index (χ1) is 8.74. The Morgan fingerprint density at radius 2 is 2.22 bits per heavy atom. The molecule has 1 aliphatic rings. The van der Waals surface area contributed by atoms with Gasteiger partial charge in [0.15, 0.2) is 5.76 Å². The van der Waals surface area contributed by atoms with E-state index in [0.717, 1.165) is 31.2 Å². The molecule has 4 heteroatoms. The van der Waals surface area contributed by atoms with Crippen LogP contribution in [0.5, 0.6) is 0 Å². The minimum atomic E-state index is -0.102. The highest BCUT2D eigenvalue weighted by atomic mass is 35.5. The molecule has 1 aromatic heterocycles. The van der Waals surface area contributed by atoms with Crippen molar-refractivity contribution in [2.75, 3.05) is 6.54 Å². The normalized spacial score (nSPS) is 20.2. The third-order valence-electron chi connectivity index (χ3n) is 3.35. The Labute approximate surface area is 110 Å². The molecule has 3 rings (SSSR count). The van der Waals surface area contributed by atoms with Crippen LogP contribution in [-0.4, -0.2) is 18.4 Å². The number of benzene rings is 1. The van der Waals surface area contributed by atoms with E-state index in [1.807, 2.05) is 6.07 Å². The zero-order valence-electron chi connectivity index (χ0n) is 9.91. The van der Waals surface area contributed by atoms with Gasteiger partial charge >= 0.3 is 0 Å². The monoisotopic (exact) mass is 263 g/mol. The quantitative estimate of drug-likeness (QED) is 0.845. The van der Waals surface area contributed by atoms with Crippen LogP contribution in [0.25, 0.3) is 11.0 Å². The molecule has 2 aromatic rings. The van der Waals surface area contributed by atoms with Gasteiger partial charge in [0.05, 0.1) is 6.04 Å². The molecule has 1 atom stereocenters. The molecule has 0 saturated carbocycles. The summed E-state index contributed by atoms with van der Waals surface area (Å²) >= 11 is 5.92. The van der Waals surface area contributed by atoms with E-state index in [9.17, 15) is 4.79 Å². The first-order valence-corrected chi connectivity index (χ1v) is 6.58. The maximum absolute atomic E-state index is 12.3. The highest BCUT2D eigenvalue weighted by molar-refractivity contribution is 6.31. The largest absolute Gasteiger partial charge is 0.453 e. The van der Waals surface area contributed by atoms with Crippen molar-refractivity contribution in [1.29, 1.82) is 0 Å². The van der Waals surface area contributed by atoms with E-state index in [1.54, 1.807) is 18.2 Å². The fourth-order valence-electron chi connectivity index (χ4n) is 2.38. The van der Waals surface area contributed by atoms with Gasteiger partial charge in [0.2, 0.25) is 5.78 Å². The standard InChI is InChI=1S/C14H14ClNO2/c15-10-4-5-12-9(7-10)8-13(18-12)14(17)11-3-1-2-6-16-11/h4-5,7-8,11,16H,1-3,6H2. The van der Waals surface area contributed by atoms with E-state index in [-0.39, 0.29) is 11.8 Å². The number of nitrogens with one attached hydrogen (secondary N) is 1. The third kappa shape index (κ3) is 2.16. The molecule has 1 aromatic carbocycles. The number of carbonyl (C=O) groups is 1. The summed E-state index contributed by atoms with van der Waals surface area (Å²) in [6, 6.07) is 7.05. The Balaban J connectivity index is 1.91. The zero-order chi connectivity index (χ0) is 12.5. The van der Waals surface area contributed by atoms with Gasteiger partial charge in [0.1, 0.15) is 5.58 Å². The van der Waals surface area contributed by atoms with E-state index < -0.39 is 0 Å². The SMILES string of the molecule is O=C(c1cc2cc(Cl)ccc2o1)C1CCCCN1. The fourth-order valence-corrected chi connectivity index (χ4v) is 2.56. The summed E-state index contributed by atoms with van der Waals surface area (Å²) in [5.74, 6) is 0.466. The minimum Gasteiger partial charge on any atom is -0.453 e. The van der Waals surface area contributed by atoms with Gasteiger partial charge in [-0.25, -0.2) is 0 Å². The van der Waals surface area contributed by atoms with Crippen molar-refractivity contribution in [3.63, 3.8) is 0 Å². The average Bonchev–Trinajstić information content (AvgIpc) is 2.81. The molecule has 0 spiro atoms. The van der Waals surface area contributed by atoms with Crippen LogP contribution in [-0.2, 0) is 0 Å². The predicted molar refractivity (Wildman–Crippen MR) is 71.2 cm³/mol. The summed E-state index contributed by atoms with van der Waals surface area (Å²) in [5.41, 5.74) is 0.707. The number of rotatable bonds is 2. The highest BCUT2D eigenvalue weighted by Crippen LogP contribution is 2.24. The molecule has 1 aliphatic heterocycles. The molecular weight excluding hydrogens is 250 g/mol. The van der Waals surface area contributed by atoms with E-state index in [2.05, 4.69) is 5.32 Å². The smallest absolute Gasteiger partial charge is 0.214 e. The number of fused-ring (bicyclic) bond motifs is 1. The molecule has 3 nitrogen and oxygen atoms in total. The Morgan fingerprint density at radius 1 is 1.33 bits per heavy atom. The van der Waals surface area contributed by atoms with Gasteiger partial charge in [0.25, 0.3) is 0 Å². The number of Topliss-reactive ketones (excluding diaryl/α,β-unsaturated/α-hetero) is 1. The van der Waals surface area contributed by atoms with Crippen LogP contribution < -0.4 is 5.32 Å². The molecule has 2 heterocycles. The van der Waals surface area contributed by atoms with Gasteiger partial charge in [-0.05, 0) is 43.7 Å². The second-order valence-corrected chi connectivity index (χ2v) is 5.10. The summed E-state index contributed by atoms with van der Waals surface area (Å²) in [7, 11) is 0. The lowest BCUT2D eigenvalue weighted by atomic mass is 10.00. The molecule has 0 bridgehead atoms. The lowest BCUT2D eigenvalue weighted by molar-refractivity contribution is 0.0901. The predicted octanol–water partition coefficient (Wildman–Crippen LogP) is 3.41. The van der Waals surface area contributed by atoms with Gasteiger partial charge in [-0.15, -0.1) is 0 Å². The summed E-state index contributed by atoms with van der Waals surface area (Å²) in [6.07, 6.45) is 3.12. The van der Waals surface area contributed by atoms with E-state index >= 15 is 0 Å². The third-order valence-corrected chi connectivity index (χ3v) is 3.58. The molecular formula is C14H14ClNO2. The van der Waals surface area contributed by atoms with Crippen LogP contribution in [0.2, 0.25) is 5.02 Å². The molecule has 1 unspecified atom stereocenters. The van der Waals surface area contributed by atoms with Crippen molar-refractivity contribution in [3.8, 4) is 0 Å². The number of hydrogen-bond acceptors (Lipinski definition) is 3. The molecule has 1 N–H and O–H groups in total. The first kappa shape index (κ1) is 11.8. The van der Waals surface area contributed by atoms with Gasteiger partial charge in [-0.3, -0.25) is 4.79 Å². The van der Waals surface area contributed by atoms with Crippen molar-refractivity contribution in [2.24, 2.45) is 0 Å². The molecule has 94 valence electrons. The molecule has 1 saturated heterocycles. The summed E-state index contributed by atoms with van der Waals surface area (Å²) in [6.45, 7) is 0.905. The first-order valence-electron chi connectivity index (χ1n) is 6.21. The van der Waals surface area contributed by atoms with Crippen molar-refractivity contribution >= 4 is 28.4 Å². The van der Waals surface area contributed by atoms with E-state index in [1.165, 1.54) is 0 Å². The number of halogens is 1. The van der Waals surface area contributed by atoms with Crippen molar-refractivity contribution in [1.82, 2.24) is 5.32 Å². The fraction of sp³-hybridized carbons (Fsp3) is 0.357. The number of piperidine rings is 1. The Bertz CT molecular complexity index is 584. The van der Waals surface area contributed by atoms with Crippen LogP contribution >= 0.6 is 11.6 Å². The van der Waals surface area contributed by atoms with Gasteiger partial charge in [-0.1, -0.05) is 18.0 Å². The summed E-state index contributed by atoms with van der Waals surface area (Å²) in [4.78, 5) is 12.3.